The van der Waals surface area contributed by atoms with E-state index in [1.807, 2.05) is 85.5 Å². The van der Waals surface area contributed by atoms with Crippen molar-refractivity contribution in [1.29, 1.82) is 0 Å². The van der Waals surface area contributed by atoms with Gasteiger partial charge in [-0.1, -0.05) is 106 Å². The third-order valence-electron chi connectivity index (χ3n) is 10.7. The Morgan fingerprint density at radius 2 is 1.61 bits per heavy atom. The fraction of sp³-hybridized carbons (Fsp3) is 0.512. The summed E-state index contributed by atoms with van der Waals surface area (Å²) in [5.74, 6) is -3.85. The minimum absolute atomic E-state index is 0.107. The van der Waals surface area contributed by atoms with Crippen LogP contribution in [0.2, 0.25) is 0 Å². The second-order valence-corrected chi connectivity index (χ2v) is 16.2. The molecule has 4 aliphatic rings. The number of benzene rings is 2. The molecule has 0 radical (unpaired) electrons. The first-order chi connectivity index (χ1) is 24.2. The molecule has 3 amide bonds. The van der Waals surface area contributed by atoms with Gasteiger partial charge in [-0.15, -0.1) is 0 Å². The largest absolute Gasteiger partial charge is 0.455 e. The fourth-order valence-corrected chi connectivity index (χ4v) is 8.95. The molecule has 2 N–H and O–H groups in total. The van der Waals surface area contributed by atoms with Crippen molar-refractivity contribution in [2.75, 3.05) is 13.2 Å². The molecular weight excluding hydrogens is 646 g/mol. The molecule has 0 saturated carbocycles. The number of hydrogen-bond donors (Lipinski definition) is 2. The van der Waals surface area contributed by atoms with E-state index in [-0.39, 0.29) is 30.2 Å². The van der Waals surface area contributed by atoms with E-state index in [1.54, 1.807) is 25.2 Å². The Kier molecular flexibility index (Phi) is 10.0. The van der Waals surface area contributed by atoms with Crippen LogP contribution in [0, 0.1) is 17.3 Å². The van der Waals surface area contributed by atoms with E-state index in [2.05, 4.69) is 26.1 Å². The predicted octanol–water partition coefficient (Wildman–Crippen LogP) is 5.05. The fourth-order valence-electron chi connectivity index (χ4n) is 8.95. The Hall–Kier alpha value is -4.28. The number of carbonyl (C=O) groups excluding carboxylic acids is 4. The van der Waals surface area contributed by atoms with E-state index in [1.165, 1.54) is 4.90 Å². The second-order valence-electron chi connectivity index (χ2n) is 16.2. The molecule has 51 heavy (non-hydrogen) atoms. The number of aliphatic hydroxyl groups is 1. The molecule has 8 atom stereocenters. The van der Waals surface area contributed by atoms with Crippen LogP contribution >= 0.6 is 0 Å². The predicted molar refractivity (Wildman–Crippen MR) is 192 cm³/mol. The Labute approximate surface area is 300 Å². The Morgan fingerprint density at radius 1 is 0.941 bits per heavy atom. The molecule has 0 bridgehead atoms. The van der Waals surface area contributed by atoms with Crippen LogP contribution in [0.4, 0.5) is 0 Å². The molecule has 2 aromatic carbocycles. The molecule has 0 unspecified atom stereocenters. The lowest BCUT2D eigenvalue weighted by molar-refractivity contribution is -0.162. The average molecular weight is 698 g/mol. The Bertz CT molecular complexity index is 1680. The first-order valence-corrected chi connectivity index (χ1v) is 18.0. The molecule has 0 aromatic heterocycles. The number of allylic oxidation sites excluding steroid dienone is 1. The van der Waals surface area contributed by atoms with Crippen molar-refractivity contribution in [3.05, 3.63) is 96.1 Å². The maximum absolute atomic E-state index is 15.2. The summed E-state index contributed by atoms with van der Waals surface area (Å²) in [4.78, 5) is 61.1. The minimum Gasteiger partial charge on any atom is -0.455 e. The number of nitrogens with zero attached hydrogens (tertiary/aromatic N) is 2. The van der Waals surface area contributed by atoms with Crippen molar-refractivity contribution in [1.82, 2.24) is 15.1 Å². The number of esters is 1. The van der Waals surface area contributed by atoms with Crippen molar-refractivity contribution in [3.63, 3.8) is 0 Å². The molecule has 4 heterocycles. The van der Waals surface area contributed by atoms with Crippen LogP contribution in [0.25, 0.3) is 0 Å². The third-order valence-corrected chi connectivity index (χ3v) is 10.7. The lowest BCUT2D eigenvalue weighted by Crippen LogP contribution is -2.60. The van der Waals surface area contributed by atoms with Crippen molar-refractivity contribution in [3.8, 4) is 0 Å². The zero-order chi connectivity index (χ0) is 36.7. The number of carbonyl (C=O) groups is 4. The summed E-state index contributed by atoms with van der Waals surface area (Å²) in [5, 5.41) is 13.9. The van der Waals surface area contributed by atoms with Crippen LogP contribution < -0.4 is 5.32 Å². The summed E-state index contributed by atoms with van der Waals surface area (Å²) in [6, 6.07) is 15.7. The maximum atomic E-state index is 15.2. The molecule has 10 nitrogen and oxygen atoms in total. The summed E-state index contributed by atoms with van der Waals surface area (Å²) in [7, 11) is 0. The third kappa shape index (κ3) is 6.88. The zero-order valence-electron chi connectivity index (χ0n) is 30.5. The van der Waals surface area contributed by atoms with Crippen LogP contribution in [0.5, 0.6) is 0 Å². The molecule has 2 aromatic rings. The van der Waals surface area contributed by atoms with Gasteiger partial charge in [0.1, 0.15) is 23.7 Å². The number of fused-ring (bicyclic) bond motifs is 2. The molecule has 2 saturated heterocycles. The lowest BCUT2D eigenvalue weighted by atomic mass is 9.77. The molecule has 10 heteroatoms. The smallest absolute Gasteiger partial charge is 0.313 e. The number of nitrogens with one attached hydrogen (secondary N) is 1. The highest BCUT2D eigenvalue weighted by molar-refractivity contribution is 5.99. The van der Waals surface area contributed by atoms with E-state index in [0.29, 0.717) is 24.0 Å². The van der Waals surface area contributed by atoms with Gasteiger partial charge in [-0.2, -0.15) is 0 Å². The number of hydrogen-bond acceptors (Lipinski definition) is 7. The first kappa shape index (κ1) is 36.5. The van der Waals surface area contributed by atoms with Gasteiger partial charge < -0.3 is 29.7 Å². The highest BCUT2D eigenvalue weighted by atomic mass is 16.6. The highest BCUT2D eigenvalue weighted by Crippen LogP contribution is 2.55. The van der Waals surface area contributed by atoms with Crippen LogP contribution in [-0.2, 0) is 28.7 Å². The van der Waals surface area contributed by atoms with Gasteiger partial charge in [-0.25, -0.2) is 0 Å². The molecule has 6 rings (SSSR count). The maximum Gasteiger partial charge on any atom is 0.313 e. The zero-order valence-corrected chi connectivity index (χ0v) is 30.5. The Balaban J connectivity index is 1.50. The molecule has 4 aliphatic heterocycles. The second kappa shape index (κ2) is 14.0. The van der Waals surface area contributed by atoms with E-state index in [0.717, 1.165) is 0 Å². The molecule has 272 valence electrons. The standard InChI is InChI=1S/C41H51N3O7/c1-26-34(28-18-11-8-12-19-28)50-38(49)32-30(20-13-14-21-31(46)42-26)51-41-22-15-23-43(40(5,6)25-39(2,3)4)37(48)35(41)44(36(47)33(32)41)29(24-45)27-16-9-7-10-17-27/h7-13,15-20,22,26,29-30,32-35,45H,14,21,23-25H2,1-6H3,(H,42,46)/b20-13-/t26-,29+,30-,32+,33+,34+,35-,41+/m0/s1. The van der Waals surface area contributed by atoms with E-state index < -0.39 is 71.8 Å². The van der Waals surface area contributed by atoms with Gasteiger partial charge in [0.25, 0.3) is 0 Å². The lowest BCUT2D eigenvalue weighted by Gasteiger charge is -2.45. The van der Waals surface area contributed by atoms with Gasteiger partial charge in [-0.3, -0.25) is 19.2 Å². The Morgan fingerprint density at radius 3 is 2.25 bits per heavy atom. The first-order valence-electron chi connectivity index (χ1n) is 18.0. The molecule has 1 spiro atoms. The number of cyclic esters (lactones) is 1. The summed E-state index contributed by atoms with van der Waals surface area (Å²) < 4.78 is 13.2. The number of aliphatic hydroxyl groups excluding tert-OH is 1. The number of likely N-dealkylation sites (tertiary alicyclic amines) is 1. The van der Waals surface area contributed by atoms with E-state index in [4.69, 9.17) is 9.47 Å². The van der Waals surface area contributed by atoms with Gasteiger partial charge in [-0.05, 0) is 50.2 Å². The van der Waals surface area contributed by atoms with Crippen molar-refractivity contribution >= 4 is 23.7 Å². The summed E-state index contributed by atoms with van der Waals surface area (Å²) in [6.07, 6.45) is 6.73. The average Bonchev–Trinajstić information content (AvgIpc) is 3.45. The van der Waals surface area contributed by atoms with Crippen molar-refractivity contribution in [2.24, 2.45) is 17.3 Å². The molecule has 2 fully saturated rings. The molecular formula is C41H51N3O7. The van der Waals surface area contributed by atoms with Gasteiger partial charge in [0.2, 0.25) is 17.7 Å². The van der Waals surface area contributed by atoms with Crippen LogP contribution in [0.3, 0.4) is 0 Å². The van der Waals surface area contributed by atoms with E-state index >= 15 is 9.59 Å². The quantitative estimate of drug-likeness (QED) is 0.320. The van der Waals surface area contributed by atoms with Gasteiger partial charge in [0.05, 0.1) is 30.7 Å². The number of rotatable bonds is 6. The monoisotopic (exact) mass is 697 g/mol. The van der Waals surface area contributed by atoms with Crippen molar-refractivity contribution < 1.29 is 33.8 Å². The SMILES string of the molecule is C[C@@H]1NC(=O)CC/C=C\[C@@H]2O[C@@]34C=CCN(C(C)(C)CC(C)(C)C)C(=O)[C@@H]3N([C@H](CO)c3ccccc3)C(=O)[C@H]4[C@@H]2C(=O)O[C@H]1c1ccccc1. The number of ether oxygens (including phenoxy) is 2. The summed E-state index contributed by atoms with van der Waals surface area (Å²) in [6.45, 7) is 12.1. The topological polar surface area (TPSA) is 125 Å². The van der Waals surface area contributed by atoms with Gasteiger partial charge in [0.15, 0.2) is 0 Å². The van der Waals surface area contributed by atoms with Crippen LogP contribution in [-0.4, -0.2) is 81.1 Å². The normalized spacial score (nSPS) is 31.4. The summed E-state index contributed by atoms with van der Waals surface area (Å²) >= 11 is 0. The summed E-state index contributed by atoms with van der Waals surface area (Å²) in [5.41, 5.74) is -0.896. The van der Waals surface area contributed by atoms with Gasteiger partial charge >= 0.3 is 5.97 Å². The minimum atomic E-state index is -1.54. The molecule has 0 aliphatic carbocycles. The highest BCUT2D eigenvalue weighted by Gasteiger charge is 2.73. The van der Waals surface area contributed by atoms with Gasteiger partial charge in [0, 0.05) is 18.5 Å². The van der Waals surface area contributed by atoms with Crippen molar-refractivity contribution in [2.45, 2.75) is 102 Å². The van der Waals surface area contributed by atoms with Crippen LogP contribution in [0.15, 0.2) is 85.0 Å². The number of amides is 3. The van der Waals surface area contributed by atoms with Crippen LogP contribution in [0.1, 0.15) is 84.1 Å². The van der Waals surface area contributed by atoms with E-state index in [9.17, 15) is 14.7 Å².